The molecule has 0 aliphatic rings. The molecule has 92 valence electrons. The number of benzene rings is 1. The molecule has 0 saturated carbocycles. The fourth-order valence-corrected chi connectivity index (χ4v) is 2.17. The SMILES string of the molecule is Cn1cc(Cl)c(C(=O)/C=C/c2ccccc2Br)n1. The first-order chi connectivity index (χ1) is 8.58. The molecular weight excluding hydrogens is 316 g/mol. The first kappa shape index (κ1) is 13.1. The number of hydrogen-bond donors (Lipinski definition) is 0. The van der Waals surface area contributed by atoms with Gasteiger partial charge >= 0.3 is 0 Å². The van der Waals surface area contributed by atoms with Crippen LogP contribution < -0.4 is 0 Å². The third kappa shape index (κ3) is 2.89. The van der Waals surface area contributed by atoms with E-state index in [1.807, 2.05) is 24.3 Å². The van der Waals surface area contributed by atoms with E-state index in [9.17, 15) is 4.79 Å². The van der Waals surface area contributed by atoms with Gasteiger partial charge in [0.05, 0.1) is 5.02 Å². The zero-order valence-corrected chi connectivity index (χ0v) is 11.9. The maximum Gasteiger partial charge on any atom is 0.207 e. The highest BCUT2D eigenvalue weighted by atomic mass is 79.9. The van der Waals surface area contributed by atoms with E-state index in [1.54, 1.807) is 19.3 Å². The molecule has 1 heterocycles. The quantitative estimate of drug-likeness (QED) is 0.636. The Morgan fingerprint density at radius 1 is 1.44 bits per heavy atom. The summed E-state index contributed by atoms with van der Waals surface area (Å²) in [5.74, 6) is -0.212. The van der Waals surface area contributed by atoms with E-state index >= 15 is 0 Å². The number of allylic oxidation sites excluding steroid dienone is 1. The second kappa shape index (κ2) is 5.50. The van der Waals surface area contributed by atoms with Gasteiger partial charge in [0, 0.05) is 17.7 Å². The summed E-state index contributed by atoms with van der Waals surface area (Å²) in [6.45, 7) is 0. The van der Waals surface area contributed by atoms with Crippen molar-refractivity contribution in [3.05, 3.63) is 57.3 Å². The zero-order chi connectivity index (χ0) is 13.1. The van der Waals surface area contributed by atoms with Crippen molar-refractivity contribution in [2.45, 2.75) is 0 Å². The maximum atomic E-state index is 11.9. The molecule has 0 unspecified atom stereocenters. The normalized spacial score (nSPS) is 11.1. The van der Waals surface area contributed by atoms with Crippen LogP contribution in [0.5, 0.6) is 0 Å². The van der Waals surface area contributed by atoms with Crippen LogP contribution in [0.25, 0.3) is 6.08 Å². The van der Waals surface area contributed by atoms with Crippen LogP contribution in [-0.2, 0) is 7.05 Å². The number of aromatic nitrogens is 2. The van der Waals surface area contributed by atoms with Crippen molar-refractivity contribution in [2.24, 2.45) is 7.05 Å². The highest BCUT2D eigenvalue weighted by molar-refractivity contribution is 9.10. The van der Waals surface area contributed by atoms with Gasteiger partial charge in [-0.05, 0) is 23.8 Å². The lowest BCUT2D eigenvalue weighted by atomic mass is 10.2. The summed E-state index contributed by atoms with van der Waals surface area (Å²) in [5, 5.41) is 4.38. The zero-order valence-electron chi connectivity index (χ0n) is 9.60. The highest BCUT2D eigenvalue weighted by Gasteiger charge is 2.11. The van der Waals surface area contributed by atoms with Crippen LogP contribution in [-0.4, -0.2) is 15.6 Å². The monoisotopic (exact) mass is 324 g/mol. The van der Waals surface area contributed by atoms with E-state index in [0.29, 0.717) is 5.02 Å². The summed E-state index contributed by atoms with van der Waals surface area (Å²) < 4.78 is 2.45. The number of hydrogen-bond acceptors (Lipinski definition) is 2. The minimum atomic E-state index is -0.212. The summed E-state index contributed by atoms with van der Waals surface area (Å²) in [6, 6.07) is 7.65. The highest BCUT2D eigenvalue weighted by Crippen LogP contribution is 2.18. The van der Waals surface area contributed by atoms with Crippen molar-refractivity contribution in [1.82, 2.24) is 9.78 Å². The van der Waals surface area contributed by atoms with Gasteiger partial charge in [0.2, 0.25) is 5.78 Å². The molecule has 5 heteroatoms. The molecule has 18 heavy (non-hydrogen) atoms. The first-order valence-corrected chi connectivity index (χ1v) is 6.41. The van der Waals surface area contributed by atoms with Crippen LogP contribution in [0.3, 0.4) is 0 Å². The molecule has 1 aromatic carbocycles. The van der Waals surface area contributed by atoms with Gasteiger partial charge in [-0.3, -0.25) is 9.48 Å². The second-order valence-electron chi connectivity index (χ2n) is 3.72. The number of aryl methyl sites for hydroxylation is 1. The summed E-state index contributed by atoms with van der Waals surface area (Å²) in [6.07, 6.45) is 4.80. The van der Waals surface area contributed by atoms with Gasteiger partial charge in [0.25, 0.3) is 0 Å². The Bertz CT molecular complexity index is 619. The van der Waals surface area contributed by atoms with Crippen molar-refractivity contribution in [1.29, 1.82) is 0 Å². The Morgan fingerprint density at radius 2 is 2.17 bits per heavy atom. The smallest absolute Gasteiger partial charge is 0.207 e. The minimum Gasteiger partial charge on any atom is -0.287 e. The van der Waals surface area contributed by atoms with Crippen LogP contribution in [0.15, 0.2) is 41.0 Å². The molecule has 0 spiro atoms. The van der Waals surface area contributed by atoms with E-state index < -0.39 is 0 Å². The van der Waals surface area contributed by atoms with E-state index in [-0.39, 0.29) is 11.5 Å². The standard InChI is InChI=1S/C13H10BrClN2O/c1-17-8-11(15)13(16-17)12(18)7-6-9-4-2-3-5-10(9)14/h2-8H,1H3/b7-6+. The van der Waals surface area contributed by atoms with Gasteiger partial charge in [0.1, 0.15) is 0 Å². The van der Waals surface area contributed by atoms with Gasteiger partial charge < -0.3 is 0 Å². The molecule has 0 aliphatic carbocycles. The minimum absolute atomic E-state index is 0.212. The number of halogens is 2. The average molecular weight is 326 g/mol. The molecule has 0 radical (unpaired) electrons. The van der Waals surface area contributed by atoms with E-state index in [0.717, 1.165) is 10.0 Å². The molecule has 0 amide bonds. The van der Waals surface area contributed by atoms with E-state index in [4.69, 9.17) is 11.6 Å². The summed E-state index contributed by atoms with van der Waals surface area (Å²) in [4.78, 5) is 11.9. The Balaban J connectivity index is 2.22. The fourth-order valence-electron chi connectivity index (χ4n) is 1.48. The van der Waals surface area contributed by atoms with Gasteiger partial charge in [-0.15, -0.1) is 0 Å². The number of carbonyl (C=O) groups excluding carboxylic acids is 1. The molecule has 0 saturated heterocycles. The Hall–Kier alpha value is -1.39. The van der Waals surface area contributed by atoms with Crippen molar-refractivity contribution < 1.29 is 4.79 Å². The van der Waals surface area contributed by atoms with Crippen LogP contribution >= 0.6 is 27.5 Å². The molecule has 3 nitrogen and oxygen atoms in total. The molecule has 2 rings (SSSR count). The molecule has 0 fully saturated rings. The number of ketones is 1. The van der Waals surface area contributed by atoms with Gasteiger partial charge in [-0.1, -0.05) is 45.7 Å². The third-order valence-electron chi connectivity index (χ3n) is 2.34. The lowest BCUT2D eigenvalue weighted by Crippen LogP contribution is -1.98. The predicted octanol–water partition coefficient (Wildman–Crippen LogP) is 3.73. The van der Waals surface area contributed by atoms with Gasteiger partial charge in [-0.2, -0.15) is 5.10 Å². The summed E-state index contributed by atoms with van der Waals surface area (Å²) >= 11 is 9.32. The lowest BCUT2D eigenvalue weighted by Gasteiger charge is -1.96. The lowest BCUT2D eigenvalue weighted by molar-refractivity contribution is 0.104. The van der Waals surface area contributed by atoms with E-state index in [1.165, 1.54) is 10.8 Å². The second-order valence-corrected chi connectivity index (χ2v) is 4.98. The average Bonchev–Trinajstić information content (AvgIpc) is 2.67. The number of nitrogens with zero attached hydrogens (tertiary/aromatic N) is 2. The summed E-state index contributed by atoms with van der Waals surface area (Å²) in [5.41, 5.74) is 1.19. The van der Waals surface area contributed by atoms with Crippen LogP contribution in [0.1, 0.15) is 16.1 Å². The Kier molecular flexibility index (Phi) is 3.99. The Labute approximate surface area is 118 Å². The molecule has 1 aromatic heterocycles. The predicted molar refractivity (Wildman–Crippen MR) is 75.7 cm³/mol. The molecular formula is C13H10BrClN2O. The molecule has 0 atom stereocenters. The molecule has 0 bridgehead atoms. The fraction of sp³-hybridized carbons (Fsp3) is 0.0769. The maximum absolute atomic E-state index is 11.9. The van der Waals surface area contributed by atoms with Crippen molar-refractivity contribution in [3.63, 3.8) is 0 Å². The molecule has 0 aliphatic heterocycles. The Morgan fingerprint density at radius 3 is 2.78 bits per heavy atom. The molecule has 2 aromatic rings. The van der Waals surface area contributed by atoms with Crippen molar-refractivity contribution in [2.75, 3.05) is 0 Å². The van der Waals surface area contributed by atoms with Crippen LogP contribution in [0.4, 0.5) is 0 Å². The topological polar surface area (TPSA) is 34.9 Å². The van der Waals surface area contributed by atoms with Crippen molar-refractivity contribution >= 4 is 39.4 Å². The van der Waals surface area contributed by atoms with Crippen LogP contribution in [0.2, 0.25) is 5.02 Å². The third-order valence-corrected chi connectivity index (χ3v) is 3.34. The summed E-state index contributed by atoms with van der Waals surface area (Å²) in [7, 11) is 1.72. The first-order valence-electron chi connectivity index (χ1n) is 5.24. The van der Waals surface area contributed by atoms with E-state index in [2.05, 4.69) is 21.0 Å². The molecule has 0 N–H and O–H groups in total. The van der Waals surface area contributed by atoms with Gasteiger partial charge in [0.15, 0.2) is 5.69 Å². The number of carbonyl (C=O) groups is 1. The largest absolute Gasteiger partial charge is 0.287 e. The van der Waals surface area contributed by atoms with Gasteiger partial charge in [-0.25, -0.2) is 0 Å². The number of rotatable bonds is 3. The van der Waals surface area contributed by atoms with Crippen LogP contribution in [0, 0.1) is 0 Å². The van der Waals surface area contributed by atoms with Crippen molar-refractivity contribution in [3.8, 4) is 0 Å².